The molecule has 0 aliphatic carbocycles. The maximum absolute atomic E-state index is 5.58. The highest BCUT2D eigenvalue weighted by atomic mass is 127. The Balaban J connectivity index is 0.00000272. The molecule has 2 N–H and O–H groups in total. The minimum Gasteiger partial charge on any atom is -0.493 e. The maximum Gasteiger partial charge on any atom is 0.191 e. The molecule has 0 unspecified atom stereocenters. The molecule has 164 valence electrons. The molecular weight excluding hydrogens is 519 g/mol. The zero-order valence-electron chi connectivity index (χ0n) is 17.8. The van der Waals surface area contributed by atoms with E-state index in [0.29, 0.717) is 6.54 Å². The van der Waals surface area contributed by atoms with Crippen molar-refractivity contribution in [2.75, 3.05) is 20.2 Å². The molecule has 2 aromatic carbocycles. The molecule has 4 rings (SSSR count). The molecule has 7 heteroatoms. The first kappa shape index (κ1) is 23.5. The third-order valence-corrected chi connectivity index (χ3v) is 6.15. The van der Waals surface area contributed by atoms with Gasteiger partial charge < -0.3 is 15.4 Å². The largest absolute Gasteiger partial charge is 0.493 e. The molecule has 0 spiro atoms. The second-order valence-corrected chi connectivity index (χ2v) is 8.30. The minimum atomic E-state index is 0. The van der Waals surface area contributed by atoms with Crippen molar-refractivity contribution in [1.82, 2.24) is 15.6 Å². The average Bonchev–Trinajstić information content (AvgIpc) is 3.44. The smallest absolute Gasteiger partial charge is 0.191 e. The van der Waals surface area contributed by atoms with E-state index in [9.17, 15) is 0 Å². The summed E-state index contributed by atoms with van der Waals surface area (Å²) in [5.74, 6) is 1.84. The molecule has 2 heterocycles. The zero-order chi connectivity index (χ0) is 20.6. The van der Waals surface area contributed by atoms with Crippen LogP contribution in [0.2, 0.25) is 0 Å². The van der Waals surface area contributed by atoms with E-state index in [-0.39, 0.29) is 24.0 Å². The minimum absolute atomic E-state index is 0. The molecule has 0 radical (unpaired) electrons. The Morgan fingerprint density at radius 2 is 1.94 bits per heavy atom. The summed E-state index contributed by atoms with van der Waals surface area (Å²) in [7, 11) is 1.80. The van der Waals surface area contributed by atoms with Crippen LogP contribution in [0.4, 0.5) is 0 Å². The first-order valence-electron chi connectivity index (χ1n) is 10.5. The first-order chi connectivity index (χ1) is 14.8. The Morgan fingerprint density at radius 1 is 1.06 bits per heavy atom. The van der Waals surface area contributed by atoms with Crippen molar-refractivity contribution in [1.29, 1.82) is 0 Å². The van der Waals surface area contributed by atoms with Crippen molar-refractivity contribution < 1.29 is 4.74 Å². The van der Waals surface area contributed by atoms with Crippen molar-refractivity contribution >= 4 is 41.3 Å². The summed E-state index contributed by atoms with van der Waals surface area (Å²) >= 11 is 1.73. The van der Waals surface area contributed by atoms with Crippen LogP contribution in [0.15, 0.2) is 58.9 Å². The Bertz CT molecular complexity index is 990. The Morgan fingerprint density at radius 3 is 2.77 bits per heavy atom. The van der Waals surface area contributed by atoms with Crippen molar-refractivity contribution in [3.8, 4) is 5.75 Å². The third-order valence-electron chi connectivity index (χ3n) is 5.19. The van der Waals surface area contributed by atoms with Gasteiger partial charge in [0, 0.05) is 31.8 Å². The summed E-state index contributed by atoms with van der Waals surface area (Å²) in [4.78, 5) is 9.08. The van der Waals surface area contributed by atoms with Crippen LogP contribution in [0.1, 0.15) is 27.4 Å². The lowest BCUT2D eigenvalue weighted by molar-refractivity contribution is 0.357. The highest BCUT2D eigenvalue weighted by Crippen LogP contribution is 2.25. The molecule has 1 aromatic heterocycles. The number of thiazole rings is 1. The summed E-state index contributed by atoms with van der Waals surface area (Å²) in [6, 6.07) is 17.1. The number of benzene rings is 2. The first-order valence-corrected chi connectivity index (χ1v) is 11.3. The van der Waals surface area contributed by atoms with Crippen molar-refractivity contribution in [3.05, 3.63) is 81.3 Å². The van der Waals surface area contributed by atoms with Crippen LogP contribution in [0.25, 0.3) is 0 Å². The van der Waals surface area contributed by atoms with Crippen molar-refractivity contribution in [2.45, 2.75) is 32.2 Å². The number of rotatable bonds is 8. The molecule has 0 saturated heterocycles. The molecule has 3 aromatic rings. The fourth-order valence-corrected chi connectivity index (χ4v) is 4.35. The Kier molecular flexibility index (Phi) is 9.14. The molecule has 31 heavy (non-hydrogen) atoms. The summed E-state index contributed by atoms with van der Waals surface area (Å²) in [5.41, 5.74) is 5.06. The number of fused-ring (bicyclic) bond motifs is 1. The summed E-state index contributed by atoms with van der Waals surface area (Å²) in [6.45, 7) is 2.31. The normalized spacial score (nSPS) is 12.6. The Hall–Kier alpha value is -2.13. The lowest BCUT2D eigenvalue weighted by atomic mass is 10.1. The van der Waals surface area contributed by atoms with E-state index in [4.69, 9.17) is 9.72 Å². The quantitative estimate of drug-likeness (QED) is 0.249. The second-order valence-electron chi connectivity index (χ2n) is 7.36. The van der Waals surface area contributed by atoms with E-state index in [1.54, 1.807) is 18.4 Å². The van der Waals surface area contributed by atoms with Crippen LogP contribution in [0.5, 0.6) is 5.75 Å². The van der Waals surface area contributed by atoms with Crippen molar-refractivity contribution in [3.63, 3.8) is 0 Å². The summed E-state index contributed by atoms with van der Waals surface area (Å²) < 4.78 is 5.58. The van der Waals surface area contributed by atoms with Gasteiger partial charge in [0.25, 0.3) is 0 Å². The van der Waals surface area contributed by atoms with Gasteiger partial charge in [0.2, 0.25) is 0 Å². The highest BCUT2D eigenvalue weighted by molar-refractivity contribution is 14.0. The molecule has 0 bridgehead atoms. The van der Waals surface area contributed by atoms with Gasteiger partial charge in [-0.3, -0.25) is 4.99 Å². The average molecular weight is 548 g/mol. The Labute approximate surface area is 205 Å². The molecule has 0 saturated carbocycles. The van der Waals surface area contributed by atoms with Gasteiger partial charge in [-0.05, 0) is 35.6 Å². The van der Waals surface area contributed by atoms with Gasteiger partial charge in [-0.2, -0.15) is 0 Å². The van der Waals surface area contributed by atoms with Crippen LogP contribution in [-0.4, -0.2) is 31.1 Å². The number of hydrogen-bond donors (Lipinski definition) is 2. The number of hydrogen-bond acceptors (Lipinski definition) is 4. The number of nitrogens with zero attached hydrogens (tertiary/aromatic N) is 2. The molecule has 0 amide bonds. The van der Waals surface area contributed by atoms with Crippen LogP contribution in [0, 0.1) is 0 Å². The van der Waals surface area contributed by atoms with E-state index in [0.717, 1.165) is 56.2 Å². The zero-order valence-corrected chi connectivity index (χ0v) is 20.9. The predicted octanol–water partition coefficient (Wildman–Crippen LogP) is 4.39. The van der Waals surface area contributed by atoms with Gasteiger partial charge in [-0.1, -0.05) is 42.5 Å². The van der Waals surface area contributed by atoms with Crippen LogP contribution in [-0.2, 0) is 32.2 Å². The number of nitrogens with one attached hydrogen (secondary N) is 2. The van der Waals surface area contributed by atoms with E-state index in [1.165, 1.54) is 21.7 Å². The molecular formula is C24H29IN4OS. The fraction of sp³-hybridized carbons (Fsp3) is 0.333. The standard InChI is InChI=1S/C24H28N4OS.HI/c1-25-24(26-13-11-19-7-9-22-20(15-19)12-14-29-22)27-16-21-17-30-23(28-21)10-8-18-5-3-2-4-6-18;/h2-7,9,15,17H,8,10-14,16H2,1H3,(H2,25,26,27);1H. The number of aryl methyl sites for hydroxylation is 2. The number of ether oxygens (including phenoxy) is 1. The van der Waals surface area contributed by atoms with Gasteiger partial charge in [0.15, 0.2) is 5.96 Å². The van der Waals surface area contributed by atoms with E-state index in [2.05, 4.69) is 69.5 Å². The maximum atomic E-state index is 5.58. The predicted molar refractivity (Wildman–Crippen MR) is 139 cm³/mol. The number of guanidine groups is 1. The van der Waals surface area contributed by atoms with Crippen LogP contribution < -0.4 is 15.4 Å². The topological polar surface area (TPSA) is 58.5 Å². The third kappa shape index (κ3) is 6.93. The number of aromatic nitrogens is 1. The van der Waals surface area contributed by atoms with E-state index < -0.39 is 0 Å². The lowest BCUT2D eigenvalue weighted by Crippen LogP contribution is -2.37. The number of aliphatic imine (C=N–C) groups is 1. The molecule has 1 aliphatic heterocycles. The molecule has 5 nitrogen and oxygen atoms in total. The molecule has 0 fully saturated rings. The van der Waals surface area contributed by atoms with Crippen LogP contribution >= 0.6 is 35.3 Å². The van der Waals surface area contributed by atoms with Gasteiger partial charge in [-0.25, -0.2) is 4.98 Å². The fourth-order valence-electron chi connectivity index (χ4n) is 3.56. The van der Waals surface area contributed by atoms with E-state index in [1.807, 2.05) is 0 Å². The van der Waals surface area contributed by atoms with Gasteiger partial charge in [0.05, 0.1) is 23.9 Å². The van der Waals surface area contributed by atoms with Crippen molar-refractivity contribution in [2.24, 2.45) is 4.99 Å². The monoisotopic (exact) mass is 548 g/mol. The van der Waals surface area contributed by atoms with Gasteiger partial charge in [0.1, 0.15) is 5.75 Å². The van der Waals surface area contributed by atoms with Gasteiger partial charge >= 0.3 is 0 Å². The van der Waals surface area contributed by atoms with E-state index >= 15 is 0 Å². The number of halogens is 1. The lowest BCUT2D eigenvalue weighted by Gasteiger charge is -2.11. The molecule has 0 atom stereocenters. The highest BCUT2D eigenvalue weighted by Gasteiger charge is 2.12. The molecule has 1 aliphatic rings. The van der Waals surface area contributed by atoms with Gasteiger partial charge in [-0.15, -0.1) is 35.3 Å². The summed E-state index contributed by atoms with van der Waals surface area (Å²) in [5, 5.41) is 10.1. The second kappa shape index (κ2) is 12.0. The van der Waals surface area contributed by atoms with Crippen LogP contribution in [0.3, 0.4) is 0 Å². The SMILES string of the molecule is CN=C(NCCc1ccc2c(c1)CCO2)NCc1csc(CCc2ccccc2)n1.I. The summed E-state index contributed by atoms with van der Waals surface area (Å²) in [6.07, 6.45) is 3.97.